The molecule has 3 heterocycles. The monoisotopic (exact) mass is 494 g/mol. The van der Waals surface area contributed by atoms with E-state index in [1.807, 2.05) is 11.3 Å². The highest BCUT2D eigenvalue weighted by atomic mass is 32.1. The number of rotatable bonds is 2. The van der Waals surface area contributed by atoms with Gasteiger partial charge in [0, 0.05) is 21.7 Å². The second-order valence-corrected chi connectivity index (χ2v) is 13.9. The Morgan fingerprint density at radius 1 is 0.861 bits per heavy atom. The van der Waals surface area contributed by atoms with E-state index in [0.29, 0.717) is 0 Å². The van der Waals surface area contributed by atoms with E-state index in [1.165, 1.54) is 59.6 Å². The van der Waals surface area contributed by atoms with Gasteiger partial charge in [-0.3, -0.25) is 0 Å². The van der Waals surface area contributed by atoms with Crippen molar-refractivity contribution in [3.8, 4) is 22.8 Å². The molecule has 6 rings (SSSR count). The van der Waals surface area contributed by atoms with Crippen LogP contribution in [0.3, 0.4) is 0 Å². The van der Waals surface area contributed by atoms with Crippen LogP contribution in [0.2, 0.25) is 0 Å². The maximum Gasteiger partial charge on any atom is 0.228 e. The largest absolute Gasteiger partial charge is 0.455 e. The SMILES string of the molecule is Cc1c2c(c(CC(C)(C)C)c3sccc13)Oc1cc3c(CC(C)(C)C)cccc3c3cc[n+](C)c-2c13. The van der Waals surface area contributed by atoms with E-state index >= 15 is 0 Å². The Balaban J connectivity index is 1.75. The zero-order valence-corrected chi connectivity index (χ0v) is 23.6. The molecule has 5 aromatic rings. The van der Waals surface area contributed by atoms with Crippen molar-refractivity contribution in [2.24, 2.45) is 17.9 Å². The van der Waals surface area contributed by atoms with Crippen LogP contribution in [0.1, 0.15) is 58.2 Å². The molecule has 0 atom stereocenters. The highest BCUT2D eigenvalue weighted by Gasteiger charge is 2.35. The first-order valence-corrected chi connectivity index (χ1v) is 13.9. The van der Waals surface area contributed by atoms with Gasteiger partial charge in [-0.2, -0.15) is 0 Å². The normalized spacial score (nSPS) is 13.4. The van der Waals surface area contributed by atoms with E-state index in [9.17, 15) is 0 Å². The first-order chi connectivity index (χ1) is 16.9. The summed E-state index contributed by atoms with van der Waals surface area (Å²) in [6.45, 7) is 16.2. The average molecular weight is 495 g/mol. The Morgan fingerprint density at radius 3 is 2.33 bits per heavy atom. The van der Waals surface area contributed by atoms with Gasteiger partial charge in [-0.1, -0.05) is 59.7 Å². The van der Waals surface area contributed by atoms with Gasteiger partial charge in [0.2, 0.25) is 5.69 Å². The standard InChI is InChI=1S/C33H36NOS/c1-19-21-13-15-36-31(21)25(18-33(5,6)7)30-27(19)29-28-23(12-14-34(29)8)22-11-9-10-20(17-32(2,3)4)24(22)16-26(28)35-30/h9-16H,17-18H2,1-8H3/q+1. The minimum Gasteiger partial charge on any atom is -0.455 e. The molecular weight excluding hydrogens is 458 g/mol. The Labute approximate surface area is 218 Å². The van der Waals surface area contributed by atoms with Gasteiger partial charge >= 0.3 is 0 Å². The fraction of sp³-hybridized carbons (Fsp3) is 0.364. The number of hydrogen-bond acceptors (Lipinski definition) is 2. The van der Waals surface area contributed by atoms with Crippen LogP contribution in [-0.4, -0.2) is 0 Å². The molecule has 0 N–H and O–H groups in total. The third-order valence-corrected chi connectivity index (χ3v) is 8.40. The van der Waals surface area contributed by atoms with Crippen LogP contribution in [0.25, 0.3) is 42.9 Å². The van der Waals surface area contributed by atoms with Crippen molar-refractivity contribution < 1.29 is 9.30 Å². The first kappa shape index (κ1) is 23.5. The van der Waals surface area contributed by atoms with Gasteiger partial charge in [-0.25, -0.2) is 4.57 Å². The molecule has 36 heavy (non-hydrogen) atoms. The molecule has 2 nitrogen and oxygen atoms in total. The molecule has 0 unspecified atom stereocenters. The average Bonchev–Trinajstić information content (AvgIpc) is 3.27. The predicted octanol–water partition coefficient (Wildman–Crippen LogP) is 9.29. The van der Waals surface area contributed by atoms with Gasteiger partial charge in [-0.05, 0) is 75.4 Å². The quantitative estimate of drug-likeness (QED) is 0.173. The van der Waals surface area contributed by atoms with Gasteiger partial charge in [0.25, 0.3) is 0 Å². The molecule has 1 aliphatic heterocycles. The summed E-state index contributed by atoms with van der Waals surface area (Å²) in [5, 5.41) is 8.72. The number of hydrogen-bond donors (Lipinski definition) is 0. The Kier molecular flexibility index (Phi) is 5.08. The Morgan fingerprint density at radius 2 is 1.61 bits per heavy atom. The van der Waals surface area contributed by atoms with Crippen LogP contribution >= 0.6 is 11.3 Å². The number of aromatic nitrogens is 1. The van der Waals surface area contributed by atoms with E-state index in [2.05, 4.69) is 108 Å². The van der Waals surface area contributed by atoms with E-state index in [0.717, 1.165) is 24.3 Å². The molecule has 0 fully saturated rings. The summed E-state index contributed by atoms with van der Waals surface area (Å²) >= 11 is 1.84. The number of fused-ring (bicyclic) bond motifs is 5. The third kappa shape index (κ3) is 3.63. The minimum atomic E-state index is 0.154. The maximum atomic E-state index is 7.03. The van der Waals surface area contributed by atoms with Crippen LogP contribution in [-0.2, 0) is 19.9 Å². The van der Waals surface area contributed by atoms with E-state index in [4.69, 9.17) is 4.74 Å². The second-order valence-electron chi connectivity index (χ2n) is 13.0. The topological polar surface area (TPSA) is 13.1 Å². The second kappa shape index (κ2) is 7.79. The number of benzene rings is 3. The van der Waals surface area contributed by atoms with Crippen LogP contribution < -0.4 is 9.30 Å². The lowest BCUT2D eigenvalue weighted by Gasteiger charge is -2.28. The van der Waals surface area contributed by atoms with Crippen molar-refractivity contribution in [1.29, 1.82) is 0 Å². The minimum absolute atomic E-state index is 0.154. The number of nitrogens with zero attached hydrogens (tertiary/aromatic N) is 1. The van der Waals surface area contributed by atoms with Gasteiger partial charge < -0.3 is 4.74 Å². The molecule has 2 aromatic heterocycles. The summed E-state index contributed by atoms with van der Waals surface area (Å²) < 4.78 is 10.7. The lowest BCUT2D eigenvalue weighted by molar-refractivity contribution is -0.659. The number of aryl methyl sites for hydroxylation is 2. The molecule has 0 aliphatic carbocycles. The van der Waals surface area contributed by atoms with Gasteiger partial charge in [-0.15, -0.1) is 11.3 Å². The molecule has 0 spiro atoms. The molecular formula is C33H36NOS+. The molecule has 1 aliphatic rings. The van der Waals surface area contributed by atoms with E-state index in [1.54, 1.807) is 0 Å². The molecule has 3 heteroatoms. The fourth-order valence-electron chi connectivity index (χ4n) is 6.05. The van der Waals surface area contributed by atoms with Crippen LogP contribution in [0, 0.1) is 17.8 Å². The third-order valence-electron chi connectivity index (χ3n) is 7.43. The van der Waals surface area contributed by atoms with Crippen molar-refractivity contribution in [2.45, 2.75) is 61.3 Å². The molecule has 3 aromatic carbocycles. The van der Waals surface area contributed by atoms with Crippen molar-refractivity contribution >= 4 is 43.0 Å². The molecule has 0 bridgehead atoms. The maximum absolute atomic E-state index is 7.03. The Hall–Kier alpha value is -2.91. The van der Waals surface area contributed by atoms with Gasteiger partial charge in [0.05, 0.1) is 10.9 Å². The first-order valence-electron chi connectivity index (χ1n) is 13.0. The summed E-state index contributed by atoms with van der Waals surface area (Å²) in [5.74, 6) is 2.05. The molecule has 0 saturated carbocycles. The summed E-state index contributed by atoms with van der Waals surface area (Å²) in [7, 11) is 2.18. The molecule has 0 amide bonds. The fourth-order valence-corrected chi connectivity index (χ4v) is 7.04. The van der Waals surface area contributed by atoms with Gasteiger partial charge in [0.1, 0.15) is 18.5 Å². The molecule has 184 valence electrons. The Bertz CT molecular complexity index is 1690. The van der Waals surface area contributed by atoms with Gasteiger partial charge in [0.15, 0.2) is 6.20 Å². The lowest BCUT2D eigenvalue weighted by atomic mass is 9.83. The highest BCUT2D eigenvalue weighted by molar-refractivity contribution is 7.17. The van der Waals surface area contributed by atoms with Crippen LogP contribution in [0.4, 0.5) is 0 Å². The molecule has 0 saturated heterocycles. The summed E-state index contributed by atoms with van der Waals surface area (Å²) in [6.07, 6.45) is 4.24. The highest BCUT2D eigenvalue weighted by Crippen LogP contribution is 2.53. The lowest BCUT2D eigenvalue weighted by Crippen LogP contribution is -2.32. The van der Waals surface area contributed by atoms with Crippen molar-refractivity contribution in [1.82, 2.24) is 0 Å². The number of pyridine rings is 1. The van der Waals surface area contributed by atoms with Crippen LogP contribution in [0.5, 0.6) is 11.5 Å². The van der Waals surface area contributed by atoms with Crippen molar-refractivity contribution in [3.63, 3.8) is 0 Å². The van der Waals surface area contributed by atoms with Crippen molar-refractivity contribution in [2.75, 3.05) is 0 Å². The zero-order valence-electron chi connectivity index (χ0n) is 22.8. The smallest absolute Gasteiger partial charge is 0.228 e. The number of ether oxygens (including phenoxy) is 1. The number of thiophene rings is 1. The zero-order chi connectivity index (χ0) is 25.6. The summed E-state index contributed by atoms with van der Waals surface area (Å²) in [4.78, 5) is 0. The van der Waals surface area contributed by atoms with Crippen molar-refractivity contribution in [3.05, 3.63) is 64.7 Å². The molecule has 0 radical (unpaired) electrons. The van der Waals surface area contributed by atoms with E-state index < -0.39 is 0 Å². The summed E-state index contributed by atoms with van der Waals surface area (Å²) in [6, 6.07) is 13.7. The van der Waals surface area contributed by atoms with E-state index in [-0.39, 0.29) is 10.8 Å². The predicted molar refractivity (Wildman–Crippen MR) is 155 cm³/mol. The summed E-state index contributed by atoms with van der Waals surface area (Å²) in [5.41, 5.74) is 6.94. The van der Waals surface area contributed by atoms with Crippen LogP contribution in [0.15, 0.2) is 48.0 Å².